The van der Waals surface area contributed by atoms with Gasteiger partial charge in [0.1, 0.15) is 0 Å². The Labute approximate surface area is 183 Å². The van der Waals surface area contributed by atoms with E-state index in [0.29, 0.717) is 11.4 Å². The number of primary amides is 1. The maximum absolute atomic E-state index is 12.6. The van der Waals surface area contributed by atoms with Gasteiger partial charge >= 0.3 is 5.97 Å². The maximum Gasteiger partial charge on any atom is 0.338 e. The van der Waals surface area contributed by atoms with Crippen molar-refractivity contribution in [2.75, 3.05) is 23.1 Å². The molecular weight excluding hydrogens is 416 g/mol. The first-order valence-corrected chi connectivity index (χ1v) is 9.88. The number of nitrogens with one attached hydrogen (secondary N) is 1. The maximum atomic E-state index is 12.6. The van der Waals surface area contributed by atoms with Crippen molar-refractivity contribution in [3.63, 3.8) is 0 Å². The number of para-hydroxylation sites is 1. The number of hydrazine groups is 1. The number of nitrogens with two attached hydrogens (primary N) is 1. The Morgan fingerprint density at radius 3 is 2.34 bits per heavy atom. The number of carbonyl (C=O) groups excluding carboxylic acids is 5. The van der Waals surface area contributed by atoms with Crippen LogP contribution in [-0.4, -0.2) is 42.7 Å². The smallest absolute Gasteiger partial charge is 0.338 e. The molecule has 10 heteroatoms. The van der Waals surface area contributed by atoms with Crippen molar-refractivity contribution in [2.24, 2.45) is 5.73 Å². The second-order valence-electron chi connectivity index (χ2n) is 6.98. The number of hydrogen-bond acceptors (Lipinski definition) is 6. The van der Waals surface area contributed by atoms with E-state index in [2.05, 4.69) is 5.43 Å². The highest BCUT2D eigenvalue weighted by molar-refractivity contribution is 6.02. The minimum absolute atomic E-state index is 0.0399. The van der Waals surface area contributed by atoms with Crippen molar-refractivity contribution in [3.8, 4) is 0 Å². The van der Waals surface area contributed by atoms with Crippen LogP contribution in [0.4, 0.5) is 11.4 Å². The Balaban J connectivity index is 1.62. The highest BCUT2D eigenvalue weighted by Crippen LogP contribution is 2.18. The Hall–Kier alpha value is -4.21. The molecule has 0 unspecified atom stereocenters. The van der Waals surface area contributed by atoms with Gasteiger partial charge in [0.15, 0.2) is 6.61 Å². The van der Waals surface area contributed by atoms with E-state index in [1.54, 1.807) is 30.3 Å². The molecule has 2 aromatic rings. The lowest BCUT2D eigenvalue weighted by Gasteiger charge is -2.27. The van der Waals surface area contributed by atoms with E-state index in [1.165, 1.54) is 29.2 Å². The number of carbonyl (C=O) groups is 5. The quantitative estimate of drug-likeness (QED) is 0.588. The summed E-state index contributed by atoms with van der Waals surface area (Å²) in [6, 6.07) is 14.5. The molecule has 3 N–H and O–H groups in total. The van der Waals surface area contributed by atoms with E-state index in [1.807, 2.05) is 0 Å². The summed E-state index contributed by atoms with van der Waals surface area (Å²) in [5.74, 6) is -2.33. The standard InChI is InChI=1S/C22H22N4O6/c23-18(27)12-13-25(16-4-2-1-3-5-16)21(30)14-32-22(31)15-6-8-17(9-7-15)26-20(29)11-10-19(28)24-26/h1-9H,10-14H2,(H2,23,27)(H,24,28). The average molecular weight is 438 g/mol. The minimum Gasteiger partial charge on any atom is -0.452 e. The van der Waals surface area contributed by atoms with Crippen LogP contribution in [0, 0.1) is 0 Å². The zero-order valence-electron chi connectivity index (χ0n) is 17.2. The summed E-state index contributed by atoms with van der Waals surface area (Å²) >= 11 is 0. The van der Waals surface area contributed by atoms with Crippen molar-refractivity contribution >= 4 is 41.0 Å². The van der Waals surface area contributed by atoms with Crippen LogP contribution in [0.5, 0.6) is 0 Å². The number of benzene rings is 2. The van der Waals surface area contributed by atoms with E-state index in [-0.39, 0.29) is 43.2 Å². The third-order valence-electron chi connectivity index (χ3n) is 4.69. The molecule has 0 bridgehead atoms. The number of esters is 1. The lowest BCUT2D eigenvalue weighted by Crippen LogP contribution is -2.50. The molecule has 0 spiro atoms. The number of anilines is 2. The average Bonchev–Trinajstić information content (AvgIpc) is 2.80. The summed E-state index contributed by atoms with van der Waals surface area (Å²) < 4.78 is 5.13. The van der Waals surface area contributed by atoms with Gasteiger partial charge in [-0.3, -0.25) is 24.6 Å². The topological polar surface area (TPSA) is 139 Å². The van der Waals surface area contributed by atoms with Crippen molar-refractivity contribution in [1.29, 1.82) is 0 Å². The second kappa shape index (κ2) is 10.2. The SMILES string of the molecule is NC(=O)CCN(C(=O)COC(=O)c1ccc(N2NC(=O)CCC2=O)cc1)c1ccccc1. The summed E-state index contributed by atoms with van der Waals surface area (Å²) in [5.41, 5.74) is 8.77. The Bertz CT molecular complexity index is 1020. The van der Waals surface area contributed by atoms with Gasteiger partial charge in [0, 0.05) is 31.5 Å². The molecule has 1 fully saturated rings. The molecule has 2 aromatic carbocycles. The highest BCUT2D eigenvalue weighted by atomic mass is 16.5. The molecule has 166 valence electrons. The number of hydrogen-bond donors (Lipinski definition) is 2. The number of ether oxygens (including phenoxy) is 1. The van der Waals surface area contributed by atoms with Crippen LogP contribution in [0.3, 0.4) is 0 Å². The van der Waals surface area contributed by atoms with E-state index in [4.69, 9.17) is 10.5 Å². The highest BCUT2D eigenvalue weighted by Gasteiger charge is 2.24. The number of nitrogens with zero attached hydrogens (tertiary/aromatic N) is 2. The summed E-state index contributed by atoms with van der Waals surface area (Å²) in [6.45, 7) is -0.477. The van der Waals surface area contributed by atoms with Crippen LogP contribution in [0.25, 0.3) is 0 Å². The number of rotatable bonds is 8. The van der Waals surface area contributed by atoms with Gasteiger partial charge in [0.2, 0.25) is 17.7 Å². The summed E-state index contributed by atoms with van der Waals surface area (Å²) in [7, 11) is 0. The third-order valence-corrected chi connectivity index (χ3v) is 4.69. The fourth-order valence-corrected chi connectivity index (χ4v) is 3.05. The first-order chi connectivity index (χ1) is 15.3. The molecule has 32 heavy (non-hydrogen) atoms. The molecule has 1 aliphatic heterocycles. The molecule has 10 nitrogen and oxygen atoms in total. The predicted octanol–water partition coefficient (Wildman–Crippen LogP) is 0.910. The zero-order valence-corrected chi connectivity index (χ0v) is 17.2. The van der Waals surface area contributed by atoms with Crippen molar-refractivity contribution in [1.82, 2.24) is 5.43 Å². The second-order valence-corrected chi connectivity index (χ2v) is 6.98. The first kappa shape index (κ1) is 22.5. The lowest BCUT2D eigenvalue weighted by atomic mass is 10.2. The number of amides is 4. The largest absolute Gasteiger partial charge is 0.452 e. The van der Waals surface area contributed by atoms with Gasteiger partial charge in [-0.1, -0.05) is 18.2 Å². The lowest BCUT2D eigenvalue weighted by molar-refractivity contribution is -0.130. The molecule has 3 rings (SSSR count). The molecule has 4 amide bonds. The molecular formula is C22H22N4O6. The van der Waals surface area contributed by atoms with E-state index < -0.39 is 24.4 Å². The van der Waals surface area contributed by atoms with Crippen LogP contribution >= 0.6 is 0 Å². The molecule has 0 aliphatic carbocycles. The molecule has 0 aromatic heterocycles. The van der Waals surface area contributed by atoms with Gasteiger partial charge in [-0.15, -0.1) is 0 Å². The predicted molar refractivity (Wildman–Crippen MR) is 114 cm³/mol. The Kier molecular flexibility index (Phi) is 7.17. The fraction of sp³-hybridized carbons (Fsp3) is 0.227. The summed E-state index contributed by atoms with van der Waals surface area (Å²) in [6.07, 6.45) is 0.195. The summed E-state index contributed by atoms with van der Waals surface area (Å²) in [5, 5.41) is 1.13. The van der Waals surface area contributed by atoms with Crippen molar-refractivity contribution in [3.05, 3.63) is 60.2 Å². The Morgan fingerprint density at radius 2 is 1.69 bits per heavy atom. The monoisotopic (exact) mass is 438 g/mol. The van der Waals surface area contributed by atoms with E-state index in [9.17, 15) is 24.0 Å². The van der Waals surface area contributed by atoms with Gasteiger partial charge < -0.3 is 15.4 Å². The summed E-state index contributed by atoms with van der Waals surface area (Å²) in [4.78, 5) is 60.9. The van der Waals surface area contributed by atoms with E-state index in [0.717, 1.165) is 5.01 Å². The van der Waals surface area contributed by atoms with Gasteiger partial charge in [-0.25, -0.2) is 9.80 Å². The molecule has 1 saturated heterocycles. The van der Waals surface area contributed by atoms with Crippen LogP contribution in [0.15, 0.2) is 54.6 Å². The molecule has 1 heterocycles. The Morgan fingerprint density at radius 1 is 1.00 bits per heavy atom. The van der Waals surface area contributed by atoms with Crippen LogP contribution < -0.4 is 21.1 Å². The minimum atomic E-state index is -0.734. The van der Waals surface area contributed by atoms with Crippen molar-refractivity contribution < 1.29 is 28.7 Å². The van der Waals surface area contributed by atoms with Gasteiger partial charge in [-0.2, -0.15) is 0 Å². The van der Waals surface area contributed by atoms with E-state index >= 15 is 0 Å². The first-order valence-electron chi connectivity index (χ1n) is 9.88. The van der Waals surface area contributed by atoms with Crippen molar-refractivity contribution in [2.45, 2.75) is 19.3 Å². The molecule has 0 atom stereocenters. The van der Waals surface area contributed by atoms with Gasteiger partial charge in [-0.05, 0) is 36.4 Å². The molecule has 1 aliphatic rings. The van der Waals surface area contributed by atoms with Gasteiger partial charge in [0.25, 0.3) is 5.91 Å². The van der Waals surface area contributed by atoms with Crippen LogP contribution in [0.2, 0.25) is 0 Å². The zero-order chi connectivity index (χ0) is 23.1. The molecule has 0 saturated carbocycles. The van der Waals surface area contributed by atoms with Crippen LogP contribution in [0.1, 0.15) is 29.6 Å². The fourth-order valence-electron chi connectivity index (χ4n) is 3.05. The normalized spacial score (nSPS) is 13.3. The molecule has 0 radical (unpaired) electrons. The van der Waals surface area contributed by atoms with Gasteiger partial charge in [0.05, 0.1) is 11.3 Å². The third kappa shape index (κ3) is 5.69. The van der Waals surface area contributed by atoms with Crippen LogP contribution in [-0.2, 0) is 23.9 Å².